The first-order chi connectivity index (χ1) is 6.08. The quantitative estimate of drug-likeness (QED) is 0.452. The molecular weight excluding hydrogens is 178 g/mol. The smallest absolute Gasteiger partial charge is 0.259 e. The first kappa shape index (κ1) is 9.85. The highest BCUT2D eigenvalue weighted by molar-refractivity contribution is 4.72. The molecule has 7 heteroatoms. The zero-order valence-corrected chi connectivity index (χ0v) is 7.09. The summed E-state index contributed by atoms with van der Waals surface area (Å²) in [6.07, 6.45) is 0.689. The van der Waals surface area contributed by atoms with E-state index >= 15 is 0 Å². The molecule has 0 aromatic carbocycles. The lowest BCUT2D eigenvalue weighted by atomic mass is 10.1. The number of hydrogen-bond acceptors (Lipinski definition) is 5. The number of likely N-dealkylation sites (tertiary alicyclic amines) is 1. The molecule has 1 saturated heterocycles. The van der Waals surface area contributed by atoms with E-state index in [1.807, 2.05) is 0 Å². The third-order valence-corrected chi connectivity index (χ3v) is 2.09. The maximum Gasteiger partial charge on any atom is 0.259 e. The molecule has 1 atom stereocenters. The number of nitrogens with zero attached hydrogens (tertiary/aromatic N) is 3. The minimum atomic E-state index is -0.408. The summed E-state index contributed by atoms with van der Waals surface area (Å²) < 4.78 is 0. The van der Waals surface area contributed by atoms with Crippen LogP contribution in [0.3, 0.4) is 0 Å². The van der Waals surface area contributed by atoms with Gasteiger partial charge in [0.05, 0.1) is 0 Å². The third kappa shape index (κ3) is 3.32. The molecule has 0 radical (unpaired) electrons. The fraction of sp³-hybridized carbons (Fsp3) is 1.00. The first-order valence-corrected chi connectivity index (χ1v) is 4.04. The highest BCUT2D eigenvalue weighted by atomic mass is 16.6. The van der Waals surface area contributed by atoms with Crippen LogP contribution in [0.2, 0.25) is 0 Å². The molecule has 0 aliphatic carbocycles. The van der Waals surface area contributed by atoms with E-state index in [9.17, 15) is 20.2 Å². The van der Waals surface area contributed by atoms with E-state index in [1.165, 1.54) is 0 Å². The normalized spacial score (nSPS) is 23.2. The van der Waals surface area contributed by atoms with Gasteiger partial charge in [0, 0.05) is 28.9 Å². The van der Waals surface area contributed by atoms with Gasteiger partial charge in [0.25, 0.3) is 6.67 Å². The van der Waals surface area contributed by atoms with E-state index in [4.69, 9.17) is 0 Å². The van der Waals surface area contributed by atoms with Crippen molar-refractivity contribution in [2.45, 2.75) is 6.42 Å². The molecule has 0 saturated carbocycles. The fourth-order valence-electron chi connectivity index (χ4n) is 1.56. The Kier molecular flexibility index (Phi) is 3.13. The maximum absolute atomic E-state index is 10.1. The monoisotopic (exact) mass is 189 g/mol. The lowest BCUT2D eigenvalue weighted by Crippen LogP contribution is -2.28. The zero-order valence-electron chi connectivity index (χ0n) is 7.09. The van der Waals surface area contributed by atoms with Gasteiger partial charge in [-0.3, -0.25) is 20.2 Å². The van der Waals surface area contributed by atoms with Crippen molar-refractivity contribution < 1.29 is 9.85 Å². The maximum atomic E-state index is 10.1. The van der Waals surface area contributed by atoms with E-state index in [-0.39, 0.29) is 24.1 Å². The minimum Gasteiger partial charge on any atom is -0.265 e. The first-order valence-electron chi connectivity index (χ1n) is 4.04. The summed E-state index contributed by atoms with van der Waals surface area (Å²) >= 11 is 0. The highest BCUT2D eigenvalue weighted by Crippen LogP contribution is 2.15. The van der Waals surface area contributed by atoms with Gasteiger partial charge in [-0.25, -0.2) is 4.90 Å². The second kappa shape index (κ2) is 4.13. The molecule has 0 spiro atoms. The molecule has 1 unspecified atom stereocenters. The topological polar surface area (TPSA) is 89.5 Å². The summed E-state index contributed by atoms with van der Waals surface area (Å²) in [5.74, 6) is -0.0186. The van der Waals surface area contributed by atoms with E-state index in [0.717, 1.165) is 0 Å². The van der Waals surface area contributed by atoms with Crippen molar-refractivity contribution in [2.75, 3.05) is 26.3 Å². The van der Waals surface area contributed by atoms with Crippen LogP contribution in [0.1, 0.15) is 6.42 Å². The van der Waals surface area contributed by atoms with Crippen molar-refractivity contribution in [2.24, 2.45) is 5.92 Å². The predicted molar refractivity (Wildman–Crippen MR) is 43.4 cm³/mol. The summed E-state index contributed by atoms with van der Waals surface area (Å²) in [5, 5.41) is 20.3. The fourth-order valence-corrected chi connectivity index (χ4v) is 1.56. The molecule has 0 bridgehead atoms. The Morgan fingerprint density at radius 3 is 2.54 bits per heavy atom. The zero-order chi connectivity index (χ0) is 9.84. The summed E-state index contributed by atoms with van der Waals surface area (Å²) in [6.45, 7) is 0.796. The van der Waals surface area contributed by atoms with E-state index in [1.54, 1.807) is 4.90 Å². The van der Waals surface area contributed by atoms with Gasteiger partial charge in [-0.2, -0.15) is 0 Å². The van der Waals surface area contributed by atoms with Crippen LogP contribution in [-0.2, 0) is 0 Å². The van der Waals surface area contributed by atoms with Crippen molar-refractivity contribution in [1.82, 2.24) is 4.90 Å². The molecular formula is C6H11N3O4. The lowest BCUT2D eigenvalue weighted by Gasteiger charge is -2.08. The van der Waals surface area contributed by atoms with E-state index < -0.39 is 4.92 Å². The number of hydrogen-bond donors (Lipinski definition) is 0. The molecule has 0 aromatic heterocycles. The molecule has 13 heavy (non-hydrogen) atoms. The Labute approximate surface area is 74.6 Å². The summed E-state index contributed by atoms with van der Waals surface area (Å²) in [6, 6.07) is 0. The minimum absolute atomic E-state index is 0.0186. The van der Waals surface area contributed by atoms with Gasteiger partial charge in [0.1, 0.15) is 0 Å². The molecule has 0 N–H and O–H groups in total. The molecule has 1 fully saturated rings. The molecule has 1 rings (SSSR count). The number of nitro groups is 2. The molecule has 1 heterocycles. The van der Waals surface area contributed by atoms with Gasteiger partial charge in [0.2, 0.25) is 6.54 Å². The molecule has 0 aromatic rings. The van der Waals surface area contributed by atoms with Crippen LogP contribution in [-0.4, -0.2) is 41.0 Å². The lowest BCUT2D eigenvalue weighted by molar-refractivity contribution is -0.504. The predicted octanol–water partition coefficient (Wildman–Crippen LogP) is -0.181. The Balaban J connectivity index is 2.27. The van der Waals surface area contributed by atoms with Gasteiger partial charge >= 0.3 is 0 Å². The molecule has 1 aliphatic rings. The van der Waals surface area contributed by atoms with Crippen molar-refractivity contribution >= 4 is 0 Å². The van der Waals surface area contributed by atoms with Crippen molar-refractivity contribution in [1.29, 1.82) is 0 Å². The summed E-state index contributed by atoms with van der Waals surface area (Å²) in [4.78, 5) is 21.1. The summed E-state index contributed by atoms with van der Waals surface area (Å²) in [5.41, 5.74) is 0. The SMILES string of the molecule is O=[N+]([O-])CC1CCN(C[N+](=O)[O-])C1. The largest absolute Gasteiger partial charge is 0.265 e. The molecule has 7 nitrogen and oxygen atoms in total. The second-order valence-corrected chi connectivity index (χ2v) is 3.22. The van der Waals surface area contributed by atoms with Gasteiger partial charge in [0.15, 0.2) is 0 Å². The Hall–Kier alpha value is -1.24. The van der Waals surface area contributed by atoms with Gasteiger partial charge in [-0.05, 0) is 6.42 Å². The van der Waals surface area contributed by atoms with Crippen LogP contribution < -0.4 is 0 Å². The van der Waals surface area contributed by atoms with Crippen molar-refractivity contribution in [3.8, 4) is 0 Å². The van der Waals surface area contributed by atoms with Crippen LogP contribution in [0.25, 0.3) is 0 Å². The average molecular weight is 189 g/mol. The Bertz CT molecular complexity index is 198. The van der Waals surface area contributed by atoms with Gasteiger partial charge in [-0.1, -0.05) is 0 Å². The summed E-state index contributed by atoms with van der Waals surface area (Å²) in [7, 11) is 0. The van der Waals surface area contributed by atoms with Crippen LogP contribution in [0.15, 0.2) is 0 Å². The molecule has 74 valence electrons. The van der Waals surface area contributed by atoms with E-state index in [0.29, 0.717) is 19.5 Å². The Morgan fingerprint density at radius 1 is 1.31 bits per heavy atom. The van der Waals surface area contributed by atoms with Crippen molar-refractivity contribution in [3.05, 3.63) is 20.2 Å². The van der Waals surface area contributed by atoms with Crippen LogP contribution in [0.4, 0.5) is 0 Å². The Morgan fingerprint density at radius 2 is 2.00 bits per heavy atom. The van der Waals surface area contributed by atoms with Crippen molar-refractivity contribution in [3.63, 3.8) is 0 Å². The number of rotatable bonds is 4. The van der Waals surface area contributed by atoms with Crippen LogP contribution in [0.5, 0.6) is 0 Å². The molecule has 0 amide bonds. The van der Waals surface area contributed by atoms with Crippen LogP contribution in [0, 0.1) is 26.1 Å². The molecule has 1 aliphatic heterocycles. The van der Waals surface area contributed by atoms with Gasteiger partial charge < -0.3 is 0 Å². The highest BCUT2D eigenvalue weighted by Gasteiger charge is 2.28. The third-order valence-electron chi connectivity index (χ3n) is 2.09. The average Bonchev–Trinajstić information content (AvgIpc) is 2.33. The second-order valence-electron chi connectivity index (χ2n) is 3.22. The van der Waals surface area contributed by atoms with E-state index in [2.05, 4.69) is 0 Å². The standard InChI is InChI=1S/C6H11N3O4/c10-8(11)4-6-1-2-7(3-6)5-9(12)13/h6H,1-5H2. The van der Waals surface area contributed by atoms with Gasteiger partial charge in [-0.15, -0.1) is 0 Å². The van der Waals surface area contributed by atoms with Crippen LogP contribution >= 0.6 is 0 Å².